The molecule has 2 heterocycles. The fourth-order valence-electron chi connectivity index (χ4n) is 2.44. The lowest BCUT2D eigenvalue weighted by atomic mass is 10.2. The number of ether oxygens (including phenoxy) is 1. The van der Waals surface area contributed by atoms with Crippen LogP contribution in [0.3, 0.4) is 0 Å². The molecule has 1 aliphatic heterocycles. The molecule has 6 nitrogen and oxygen atoms in total. The summed E-state index contributed by atoms with van der Waals surface area (Å²) in [4.78, 5) is 6.62. The molecule has 3 rings (SSSR count). The molecule has 1 atom stereocenters. The smallest absolute Gasteiger partial charge is 0.245 e. The van der Waals surface area contributed by atoms with Gasteiger partial charge in [-0.3, -0.25) is 5.10 Å². The molecule has 0 radical (unpaired) electrons. The van der Waals surface area contributed by atoms with Gasteiger partial charge in [0, 0.05) is 31.2 Å². The molecule has 112 valence electrons. The minimum absolute atomic E-state index is 0.196. The molecule has 0 amide bonds. The van der Waals surface area contributed by atoms with E-state index in [1.165, 1.54) is 13.2 Å². The van der Waals surface area contributed by atoms with Gasteiger partial charge < -0.3 is 15.0 Å². The van der Waals surface area contributed by atoms with E-state index in [0.29, 0.717) is 17.8 Å². The van der Waals surface area contributed by atoms with E-state index in [2.05, 4.69) is 32.3 Å². The number of anilines is 1. The lowest BCUT2D eigenvalue weighted by molar-refractivity contribution is 0.387. The van der Waals surface area contributed by atoms with Crippen LogP contribution in [0.5, 0.6) is 5.75 Å². The van der Waals surface area contributed by atoms with E-state index in [9.17, 15) is 4.39 Å². The van der Waals surface area contributed by atoms with Crippen LogP contribution in [0.2, 0.25) is 0 Å². The zero-order valence-corrected chi connectivity index (χ0v) is 12.1. The molecule has 0 aliphatic carbocycles. The second kappa shape index (κ2) is 5.69. The minimum Gasteiger partial charge on any atom is -0.494 e. The Morgan fingerprint density at radius 3 is 3.05 bits per heavy atom. The van der Waals surface area contributed by atoms with Gasteiger partial charge in [0.1, 0.15) is 0 Å². The molecule has 2 N–H and O–H groups in total. The highest BCUT2D eigenvalue weighted by atomic mass is 19.1. The lowest BCUT2D eigenvalue weighted by Gasteiger charge is -2.30. The standard InChI is InChI=1S/C14H18FN5O/c1-9-8-20(6-5-16-9)14-17-13(18-19-14)10-3-4-11(15)12(7-10)21-2/h3-4,7,9,16H,5-6,8H2,1-2H3,(H,17,18,19)/t9-/m1/s1. The Balaban J connectivity index is 1.84. The number of H-pyrrole nitrogens is 1. The topological polar surface area (TPSA) is 66.1 Å². The summed E-state index contributed by atoms with van der Waals surface area (Å²) in [5, 5.41) is 10.5. The molecule has 1 saturated heterocycles. The van der Waals surface area contributed by atoms with Gasteiger partial charge in [-0.2, -0.15) is 4.98 Å². The fraction of sp³-hybridized carbons (Fsp3) is 0.429. The molecule has 1 fully saturated rings. The van der Waals surface area contributed by atoms with Crippen LogP contribution in [0.25, 0.3) is 11.4 Å². The van der Waals surface area contributed by atoms with Crippen LogP contribution >= 0.6 is 0 Å². The Bertz CT molecular complexity index is 630. The quantitative estimate of drug-likeness (QED) is 0.895. The summed E-state index contributed by atoms with van der Waals surface area (Å²) in [6.45, 7) is 4.78. The second-order valence-electron chi connectivity index (χ2n) is 5.13. The molecule has 21 heavy (non-hydrogen) atoms. The third kappa shape index (κ3) is 2.82. The van der Waals surface area contributed by atoms with E-state index < -0.39 is 5.82 Å². The number of nitrogens with zero attached hydrogens (tertiary/aromatic N) is 3. The maximum Gasteiger partial charge on any atom is 0.245 e. The van der Waals surface area contributed by atoms with Crippen LogP contribution in [-0.4, -0.2) is 48.0 Å². The minimum atomic E-state index is -0.392. The summed E-state index contributed by atoms with van der Waals surface area (Å²) < 4.78 is 18.4. The molecule has 1 aromatic carbocycles. The zero-order chi connectivity index (χ0) is 14.8. The first-order valence-electron chi connectivity index (χ1n) is 6.92. The first-order chi connectivity index (χ1) is 10.2. The summed E-state index contributed by atoms with van der Waals surface area (Å²) >= 11 is 0. The predicted molar refractivity (Wildman–Crippen MR) is 78.0 cm³/mol. The van der Waals surface area contributed by atoms with Crippen molar-refractivity contribution in [3.63, 3.8) is 0 Å². The van der Waals surface area contributed by atoms with Crippen LogP contribution in [0, 0.1) is 5.82 Å². The van der Waals surface area contributed by atoms with Crippen molar-refractivity contribution in [2.45, 2.75) is 13.0 Å². The largest absolute Gasteiger partial charge is 0.494 e. The molecule has 0 spiro atoms. The first kappa shape index (κ1) is 13.8. The van der Waals surface area contributed by atoms with Crippen LogP contribution in [-0.2, 0) is 0 Å². The van der Waals surface area contributed by atoms with E-state index in [1.54, 1.807) is 12.1 Å². The Kier molecular flexibility index (Phi) is 3.74. The van der Waals surface area contributed by atoms with Gasteiger partial charge in [-0.1, -0.05) is 0 Å². The lowest BCUT2D eigenvalue weighted by Crippen LogP contribution is -2.49. The molecule has 1 aromatic heterocycles. The van der Waals surface area contributed by atoms with Crippen molar-refractivity contribution in [2.75, 3.05) is 31.6 Å². The first-order valence-corrected chi connectivity index (χ1v) is 6.92. The molecule has 0 bridgehead atoms. The number of piperazine rings is 1. The number of aromatic amines is 1. The summed E-state index contributed by atoms with van der Waals surface area (Å²) in [6, 6.07) is 5.04. The van der Waals surface area contributed by atoms with E-state index in [0.717, 1.165) is 25.2 Å². The summed E-state index contributed by atoms with van der Waals surface area (Å²) in [5.74, 6) is 1.08. The Hall–Kier alpha value is -2.15. The summed E-state index contributed by atoms with van der Waals surface area (Å²) in [5.41, 5.74) is 0.746. The van der Waals surface area contributed by atoms with Gasteiger partial charge in [-0.15, -0.1) is 5.10 Å². The van der Waals surface area contributed by atoms with Gasteiger partial charge in [-0.25, -0.2) is 4.39 Å². The van der Waals surface area contributed by atoms with Crippen LogP contribution < -0.4 is 15.0 Å². The van der Waals surface area contributed by atoms with Gasteiger partial charge in [0.05, 0.1) is 7.11 Å². The normalized spacial score (nSPS) is 18.8. The molecular weight excluding hydrogens is 273 g/mol. The average Bonchev–Trinajstić information content (AvgIpc) is 2.97. The number of rotatable bonds is 3. The van der Waals surface area contributed by atoms with E-state index >= 15 is 0 Å². The molecule has 1 aliphatic rings. The monoisotopic (exact) mass is 291 g/mol. The maximum atomic E-state index is 13.4. The van der Waals surface area contributed by atoms with Crippen LogP contribution in [0.1, 0.15) is 6.92 Å². The number of benzene rings is 1. The Labute approximate surface area is 122 Å². The van der Waals surface area contributed by atoms with Crippen LogP contribution in [0.15, 0.2) is 18.2 Å². The third-order valence-corrected chi connectivity index (χ3v) is 3.55. The highest BCUT2D eigenvalue weighted by molar-refractivity contribution is 5.59. The number of nitrogens with one attached hydrogen (secondary N) is 2. The number of aromatic nitrogens is 3. The molecular formula is C14H18FN5O. The van der Waals surface area contributed by atoms with Crippen LogP contribution in [0.4, 0.5) is 10.3 Å². The number of methoxy groups -OCH3 is 1. The molecule has 7 heteroatoms. The van der Waals surface area contributed by atoms with Crippen molar-refractivity contribution >= 4 is 5.95 Å². The highest BCUT2D eigenvalue weighted by Crippen LogP contribution is 2.25. The van der Waals surface area contributed by atoms with Crippen molar-refractivity contribution < 1.29 is 9.13 Å². The third-order valence-electron chi connectivity index (χ3n) is 3.55. The fourth-order valence-corrected chi connectivity index (χ4v) is 2.44. The number of hydrogen-bond donors (Lipinski definition) is 2. The Morgan fingerprint density at radius 2 is 2.29 bits per heavy atom. The summed E-state index contributed by atoms with van der Waals surface area (Å²) in [7, 11) is 1.44. The van der Waals surface area contributed by atoms with Gasteiger partial charge in [0.15, 0.2) is 17.4 Å². The molecule has 2 aromatic rings. The van der Waals surface area contributed by atoms with Gasteiger partial charge in [0.2, 0.25) is 5.95 Å². The maximum absolute atomic E-state index is 13.4. The second-order valence-corrected chi connectivity index (χ2v) is 5.13. The summed E-state index contributed by atoms with van der Waals surface area (Å²) in [6.07, 6.45) is 0. The zero-order valence-electron chi connectivity index (χ0n) is 12.1. The van der Waals surface area contributed by atoms with Gasteiger partial charge in [0.25, 0.3) is 0 Å². The van der Waals surface area contributed by atoms with E-state index in [4.69, 9.17) is 4.74 Å². The number of halogens is 1. The number of hydrogen-bond acceptors (Lipinski definition) is 5. The predicted octanol–water partition coefficient (Wildman–Crippen LogP) is 1.42. The van der Waals surface area contributed by atoms with Crippen molar-refractivity contribution in [1.29, 1.82) is 0 Å². The molecule has 0 saturated carbocycles. The van der Waals surface area contributed by atoms with Gasteiger partial charge in [-0.05, 0) is 25.1 Å². The van der Waals surface area contributed by atoms with Crippen molar-refractivity contribution in [3.05, 3.63) is 24.0 Å². The molecule has 0 unspecified atom stereocenters. The van der Waals surface area contributed by atoms with Crippen molar-refractivity contribution in [1.82, 2.24) is 20.5 Å². The van der Waals surface area contributed by atoms with E-state index in [1.807, 2.05) is 0 Å². The SMILES string of the molecule is COc1cc(-c2nc(N3CCN[C@H](C)C3)n[nH]2)ccc1F. The highest BCUT2D eigenvalue weighted by Gasteiger charge is 2.19. The average molecular weight is 291 g/mol. The van der Waals surface area contributed by atoms with Crippen molar-refractivity contribution in [3.8, 4) is 17.1 Å². The van der Waals surface area contributed by atoms with E-state index in [-0.39, 0.29) is 5.75 Å². The van der Waals surface area contributed by atoms with Gasteiger partial charge >= 0.3 is 0 Å². The Morgan fingerprint density at radius 1 is 1.43 bits per heavy atom. The van der Waals surface area contributed by atoms with Crippen molar-refractivity contribution in [2.24, 2.45) is 0 Å².